The van der Waals surface area contributed by atoms with Gasteiger partial charge in [-0.05, 0) is 62.6 Å². The van der Waals surface area contributed by atoms with Gasteiger partial charge in [0.15, 0.2) is 0 Å². The largest absolute Gasteiger partial charge is 0.349 e. The van der Waals surface area contributed by atoms with Crippen molar-refractivity contribution in [2.24, 2.45) is 0 Å². The molecule has 1 aromatic carbocycles. The second-order valence-corrected chi connectivity index (χ2v) is 9.23. The topological polar surface area (TPSA) is 67.2 Å². The molecule has 158 valence electrons. The molecule has 1 saturated heterocycles. The second-order valence-electron chi connectivity index (χ2n) is 8.18. The first-order valence-electron chi connectivity index (χ1n) is 10.6. The van der Waals surface area contributed by atoms with Crippen LogP contribution in [0.25, 0.3) is 10.1 Å². The highest BCUT2D eigenvalue weighted by molar-refractivity contribution is 7.21. The van der Waals surface area contributed by atoms with Crippen molar-refractivity contribution in [3.05, 3.63) is 53.2 Å². The SMILES string of the molecule is CC(C)NC(=O)c1sc2ccccc2c1C[C@H]1CCCCN1C(=O)Cn1cccn1. The number of hydrogen-bond acceptors (Lipinski definition) is 4. The van der Waals surface area contributed by atoms with Crippen molar-refractivity contribution in [2.75, 3.05) is 6.54 Å². The van der Waals surface area contributed by atoms with Crippen LogP contribution in [0.5, 0.6) is 0 Å². The van der Waals surface area contributed by atoms with Crippen molar-refractivity contribution >= 4 is 33.2 Å². The van der Waals surface area contributed by atoms with Gasteiger partial charge in [0.05, 0.1) is 4.88 Å². The van der Waals surface area contributed by atoms with E-state index in [1.807, 2.05) is 43.1 Å². The van der Waals surface area contributed by atoms with Gasteiger partial charge in [-0.1, -0.05) is 18.2 Å². The molecule has 30 heavy (non-hydrogen) atoms. The molecular weight excluding hydrogens is 396 g/mol. The van der Waals surface area contributed by atoms with Gasteiger partial charge in [0, 0.05) is 35.7 Å². The maximum absolute atomic E-state index is 13.0. The number of nitrogens with one attached hydrogen (secondary N) is 1. The number of likely N-dealkylation sites (tertiary alicyclic amines) is 1. The third-order valence-corrected chi connectivity index (χ3v) is 6.78. The molecule has 0 saturated carbocycles. The summed E-state index contributed by atoms with van der Waals surface area (Å²) in [5.74, 6) is 0.0718. The standard InChI is InChI=1S/C23H28N4O2S/c1-16(2)25-23(29)22-19(18-9-3-4-10-20(18)30-22)14-17-8-5-6-13-27(17)21(28)15-26-12-7-11-24-26/h3-4,7,9-12,16-17H,5-6,8,13-15H2,1-2H3,(H,25,29)/t17-/m1/s1. The van der Waals surface area contributed by atoms with Crippen LogP contribution in [-0.4, -0.2) is 45.1 Å². The Morgan fingerprint density at radius 1 is 1.23 bits per heavy atom. The summed E-state index contributed by atoms with van der Waals surface area (Å²) in [5.41, 5.74) is 1.07. The van der Waals surface area contributed by atoms with Gasteiger partial charge < -0.3 is 10.2 Å². The summed E-state index contributed by atoms with van der Waals surface area (Å²) in [6, 6.07) is 10.2. The average molecular weight is 425 g/mol. The number of fused-ring (bicyclic) bond motifs is 1. The van der Waals surface area contributed by atoms with Gasteiger partial charge in [-0.15, -0.1) is 11.3 Å². The van der Waals surface area contributed by atoms with E-state index in [1.165, 1.54) is 0 Å². The number of amides is 2. The first kappa shape index (κ1) is 20.6. The number of hydrogen-bond donors (Lipinski definition) is 1. The van der Waals surface area contributed by atoms with E-state index < -0.39 is 0 Å². The Bertz CT molecular complexity index is 1030. The monoisotopic (exact) mass is 424 g/mol. The van der Waals surface area contributed by atoms with E-state index in [2.05, 4.69) is 22.5 Å². The maximum atomic E-state index is 13.0. The van der Waals surface area contributed by atoms with E-state index in [4.69, 9.17) is 0 Å². The van der Waals surface area contributed by atoms with Gasteiger partial charge in [0.25, 0.3) is 5.91 Å². The molecule has 0 aliphatic carbocycles. The van der Waals surface area contributed by atoms with Crippen molar-refractivity contribution < 1.29 is 9.59 Å². The zero-order chi connectivity index (χ0) is 21.1. The zero-order valence-corrected chi connectivity index (χ0v) is 18.3. The van der Waals surface area contributed by atoms with E-state index in [0.717, 1.165) is 46.3 Å². The van der Waals surface area contributed by atoms with Crippen molar-refractivity contribution in [1.82, 2.24) is 20.0 Å². The van der Waals surface area contributed by atoms with E-state index in [1.54, 1.807) is 22.2 Å². The van der Waals surface area contributed by atoms with Crippen molar-refractivity contribution in [1.29, 1.82) is 0 Å². The molecule has 3 heterocycles. The molecule has 4 rings (SSSR count). The normalized spacial score (nSPS) is 16.9. The van der Waals surface area contributed by atoms with Crippen molar-refractivity contribution in [3.63, 3.8) is 0 Å². The van der Waals surface area contributed by atoms with Crippen molar-refractivity contribution in [3.8, 4) is 0 Å². The molecule has 1 atom stereocenters. The van der Waals surface area contributed by atoms with Crippen LogP contribution in [0.4, 0.5) is 0 Å². The van der Waals surface area contributed by atoms with Crippen LogP contribution in [0, 0.1) is 0 Å². The minimum Gasteiger partial charge on any atom is -0.349 e. The Morgan fingerprint density at radius 3 is 2.83 bits per heavy atom. The number of carbonyl (C=O) groups is 2. The molecule has 3 aromatic rings. The Hall–Kier alpha value is -2.67. The number of rotatable bonds is 6. The quantitative estimate of drug-likeness (QED) is 0.653. The van der Waals surface area contributed by atoms with Crippen LogP contribution >= 0.6 is 11.3 Å². The maximum Gasteiger partial charge on any atom is 0.261 e. The van der Waals surface area contributed by atoms with Crippen LogP contribution in [0.2, 0.25) is 0 Å². The van der Waals surface area contributed by atoms with E-state index in [0.29, 0.717) is 6.42 Å². The summed E-state index contributed by atoms with van der Waals surface area (Å²) in [4.78, 5) is 28.7. The smallest absolute Gasteiger partial charge is 0.261 e. The summed E-state index contributed by atoms with van der Waals surface area (Å²) >= 11 is 1.55. The molecule has 6 nitrogen and oxygen atoms in total. The lowest BCUT2D eigenvalue weighted by Gasteiger charge is -2.36. The van der Waals surface area contributed by atoms with Crippen molar-refractivity contribution in [2.45, 2.75) is 58.2 Å². The fourth-order valence-corrected chi connectivity index (χ4v) is 5.35. The number of aromatic nitrogens is 2. The molecule has 2 amide bonds. The van der Waals surface area contributed by atoms with Crippen LogP contribution in [0.1, 0.15) is 48.3 Å². The van der Waals surface area contributed by atoms with Crippen LogP contribution in [0.3, 0.4) is 0 Å². The molecule has 0 radical (unpaired) electrons. The molecule has 1 N–H and O–H groups in total. The lowest BCUT2D eigenvalue weighted by molar-refractivity contribution is -0.135. The first-order valence-corrected chi connectivity index (χ1v) is 11.4. The van der Waals surface area contributed by atoms with E-state index in [9.17, 15) is 9.59 Å². The van der Waals surface area contributed by atoms with E-state index in [-0.39, 0.29) is 30.4 Å². The third-order valence-electron chi connectivity index (χ3n) is 5.57. The fourth-order valence-electron chi connectivity index (χ4n) is 4.21. The lowest BCUT2D eigenvalue weighted by Crippen LogP contribution is -2.46. The van der Waals surface area contributed by atoms with Gasteiger partial charge >= 0.3 is 0 Å². The highest BCUT2D eigenvalue weighted by atomic mass is 32.1. The molecule has 0 unspecified atom stereocenters. The Morgan fingerprint density at radius 2 is 2.07 bits per heavy atom. The molecule has 1 aliphatic heterocycles. The van der Waals surface area contributed by atoms with Gasteiger partial charge in [-0.2, -0.15) is 5.10 Å². The molecule has 1 aliphatic rings. The molecule has 2 aromatic heterocycles. The van der Waals surface area contributed by atoms with Gasteiger partial charge in [-0.25, -0.2) is 0 Å². The molecule has 0 bridgehead atoms. The van der Waals surface area contributed by atoms with E-state index >= 15 is 0 Å². The second kappa shape index (κ2) is 9.00. The Labute approximate surface area is 180 Å². The highest BCUT2D eigenvalue weighted by Crippen LogP contribution is 2.34. The van der Waals surface area contributed by atoms with Gasteiger partial charge in [0.2, 0.25) is 5.91 Å². The third kappa shape index (κ3) is 4.41. The van der Waals surface area contributed by atoms with Gasteiger partial charge in [-0.3, -0.25) is 14.3 Å². The first-order chi connectivity index (χ1) is 14.5. The van der Waals surface area contributed by atoms with Gasteiger partial charge in [0.1, 0.15) is 6.54 Å². The minimum absolute atomic E-state index is 0.0218. The summed E-state index contributed by atoms with van der Waals surface area (Å²) in [6.07, 6.45) is 7.30. The van der Waals surface area contributed by atoms with Crippen LogP contribution in [-0.2, 0) is 17.8 Å². The zero-order valence-electron chi connectivity index (χ0n) is 17.5. The fraction of sp³-hybridized carbons (Fsp3) is 0.435. The predicted octanol–water partition coefficient (Wildman–Crippen LogP) is 3.86. The summed E-state index contributed by atoms with van der Waals surface area (Å²) < 4.78 is 2.79. The summed E-state index contributed by atoms with van der Waals surface area (Å²) in [6.45, 7) is 4.97. The molecule has 7 heteroatoms. The van der Waals surface area contributed by atoms with Crippen LogP contribution in [0.15, 0.2) is 42.7 Å². The highest BCUT2D eigenvalue weighted by Gasteiger charge is 2.30. The van der Waals surface area contributed by atoms with Crippen LogP contribution < -0.4 is 5.32 Å². The number of carbonyl (C=O) groups excluding carboxylic acids is 2. The molecular formula is C23H28N4O2S. The number of thiophene rings is 1. The summed E-state index contributed by atoms with van der Waals surface area (Å²) in [7, 11) is 0. The predicted molar refractivity (Wildman–Crippen MR) is 120 cm³/mol. The minimum atomic E-state index is -0.0218. The number of nitrogens with zero attached hydrogens (tertiary/aromatic N) is 3. The average Bonchev–Trinajstić information content (AvgIpc) is 3.36. The Balaban J connectivity index is 1.62. The number of piperidine rings is 1. The Kier molecular flexibility index (Phi) is 6.18. The summed E-state index contributed by atoms with van der Waals surface area (Å²) in [5, 5.41) is 8.34. The lowest BCUT2D eigenvalue weighted by atomic mass is 9.93. The molecule has 1 fully saturated rings. The molecule has 0 spiro atoms. The number of benzene rings is 1.